The molecule has 24 heavy (non-hydrogen) atoms. The van der Waals surface area contributed by atoms with Gasteiger partial charge < -0.3 is 0 Å². The highest BCUT2D eigenvalue weighted by atomic mass is 32.2. The number of rotatable bonds is 6. The lowest BCUT2D eigenvalue weighted by Gasteiger charge is -2.04. The average molecular weight is 343 g/mol. The van der Waals surface area contributed by atoms with E-state index in [2.05, 4.69) is 10.5 Å². The quantitative estimate of drug-likeness (QED) is 0.377. The van der Waals surface area contributed by atoms with Gasteiger partial charge in [-0.3, -0.25) is 14.9 Å². The normalized spacial score (nSPS) is 10.8. The van der Waals surface area contributed by atoms with E-state index in [9.17, 15) is 14.9 Å². The first kappa shape index (κ1) is 17.7. The number of nitro groups is 1. The molecule has 7 heteroatoms. The van der Waals surface area contributed by atoms with Gasteiger partial charge in [0.2, 0.25) is 5.91 Å². The fourth-order valence-electron chi connectivity index (χ4n) is 1.98. The topological polar surface area (TPSA) is 84.6 Å². The highest BCUT2D eigenvalue weighted by Gasteiger charge is 2.10. The van der Waals surface area contributed by atoms with Crippen molar-refractivity contribution in [2.75, 3.05) is 5.75 Å². The molecule has 0 aliphatic heterocycles. The van der Waals surface area contributed by atoms with Crippen LogP contribution >= 0.6 is 11.8 Å². The molecule has 2 rings (SSSR count). The van der Waals surface area contributed by atoms with E-state index >= 15 is 0 Å². The number of carbonyl (C=O) groups is 1. The predicted molar refractivity (Wildman–Crippen MR) is 95.5 cm³/mol. The fraction of sp³-hybridized carbons (Fsp3) is 0.176. The Balaban J connectivity index is 1.90. The van der Waals surface area contributed by atoms with E-state index in [1.165, 1.54) is 24.0 Å². The monoisotopic (exact) mass is 343 g/mol. The Bertz CT molecular complexity index is 790. The molecule has 1 amide bonds. The van der Waals surface area contributed by atoms with E-state index in [-0.39, 0.29) is 17.3 Å². The van der Waals surface area contributed by atoms with Gasteiger partial charge in [0.15, 0.2) is 0 Å². The molecule has 0 radical (unpaired) electrons. The standard InChI is InChI=1S/C17H17N3O3S/c1-12-7-8-14(9-15(12)20(22)23)10-18-19-17(21)11-24-16-6-4-3-5-13(16)2/h3-10H,11H2,1-2H3,(H,19,21). The molecule has 0 unspecified atom stereocenters. The van der Waals surface area contributed by atoms with Gasteiger partial charge in [-0.2, -0.15) is 5.10 Å². The number of hydrogen-bond donors (Lipinski definition) is 1. The molecule has 0 saturated heterocycles. The van der Waals surface area contributed by atoms with E-state index in [0.717, 1.165) is 10.5 Å². The Morgan fingerprint density at radius 3 is 2.71 bits per heavy atom. The first-order chi connectivity index (χ1) is 11.5. The van der Waals surface area contributed by atoms with Gasteiger partial charge in [0.05, 0.1) is 16.9 Å². The van der Waals surface area contributed by atoms with Gasteiger partial charge in [-0.15, -0.1) is 11.8 Å². The number of nitro benzene ring substituents is 1. The van der Waals surface area contributed by atoms with Gasteiger partial charge in [-0.1, -0.05) is 30.3 Å². The van der Waals surface area contributed by atoms with Crippen molar-refractivity contribution in [3.05, 3.63) is 69.3 Å². The highest BCUT2D eigenvalue weighted by molar-refractivity contribution is 8.00. The fourth-order valence-corrected chi connectivity index (χ4v) is 2.80. The van der Waals surface area contributed by atoms with Crippen LogP contribution < -0.4 is 5.43 Å². The molecule has 0 aliphatic carbocycles. The number of nitrogens with one attached hydrogen (secondary N) is 1. The van der Waals surface area contributed by atoms with Gasteiger partial charge in [0.25, 0.3) is 5.69 Å². The maximum absolute atomic E-state index is 11.8. The van der Waals surface area contributed by atoms with Crippen molar-refractivity contribution < 1.29 is 9.72 Å². The van der Waals surface area contributed by atoms with Crippen LogP contribution in [0.3, 0.4) is 0 Å². The van der Waals surface area contributed by atoms with Gasteiger partial charge in [-0.05, 0) is 25.5 Å². The number of benzene rings is 2. The first-order valence-corrected chi connectivity index (χ1v) is 8.21. The Morgan fingerprint density at radius 2 is 2.00 bits per heavy atom. The molecule has 0 aromatic heterocycles. The molecule has 1 N–H and O–H groups in total. The molecule has 0 heterocycles. The van der Waals surface area contributed by atoms with E-state index in [1.807, 2.05) is 31.2 Å². The minimum Gasteiger partial charge on any atom is -0.272 e. The molecule has 0 aliphatic rings. The predicted octanol–water partition coefficient (Wildman–Crippen LogP) is 3.45. The number of thioether (sulfide) groups is 1. The van der Waals surface area contributed by atoms with E-state index in [4.69, 9.17) is 0 Å². The van der Waals surface area contributed by atoms with Crippen molar-refractivity contribution in [1.29, 1.82) is 0 Å². The zero-order valence-electron chi connectivity index (χ0n) is 13.4. The molecular formula is C17H17N3O3S. The van der Waals surface area contributed by atoms with Crippen LogP contribution in [0.15, 0.2) is 52.5 Å². The van der Waals surface area contributed by atoms with Crippen LogP contribution in [0.1, 0.15) is 16.7 Å². The van der Waals surface area contributed by atoms with Crippen LogP contribution in [0.2, 0.25) is 0 Å². The minimum absolute atomic E-state index is 0.0281. The molecule has 0 saturated carbocycles. The Labute approximate surface area is 144 Å². The molecule has 2 aromatic rings. The number of hydrogen-bond acceptors (Lipinski definition) is 5. The van der Waals surface area contributed by atoms with Crippen molar-refractivity contribution >= 4 is 29.6 Å². The summed E-state index contributed by atoms with van der Waals surface area (Å²) in [5, 5.41) is 14.7. The van der Waals surface area contributed by atoms with Gasteiger partial charge in [0, 0.05) is 22.1 Å². The number of amides is 1. The lowest BCUT2D eigenvalue weighted by molar-refractivity contribution is -0.385. The van der Waals surface area contributed by atoms with Crippen molar-refractivity contribution in [3.63, 3.8) is 0 Å². The first-order valence-electron chi connectivity index (χ1n) is 7.23. The summed E-state index contributed by atoms with van der Waals surface area (Å²) in [6, 6.07) is 12.6. The second kappa shape index (κ2) is 8.26. The van der Waals surface area contributed by atoms with Gasteiger partial charge in [0.1, 0.15) is 0 Å². The van der Waals surface area contributed by atoms with E-state index in [0.29, 0.717) is 11.1 Å². The number of nitrogens with zero attached hydrogens (tertiary/aromatic N) is 2. The smallest absolute Gasteiger partial charge is 0.272 e. The Kier molecular flexibility index (Phi) is 6.08. The maximum Gasteiger partial charge on any atom is 0.272 e. The van der Waals surface area contributed by atoms with Crippen LogP contribution in [0.4, 0.5) is 5.69 Å². The van der Waals surface area contributed by atoms with Crippen molar-refractivity contribution in [3.8, 4) is 0 Å². The van der Waals surface area contributed by atoms with Crippen LogP contribution in [0.25, 0.3) is 0 Å². The SMILES string of the molecule is Cc1ccccc1SCC(=O)NN=Cc1ccc(C)c([N+](=O)[O-])c1. The summed E-state index contributed by atoms with van der Waals surface area (Å²) in [5.74, 6) is 0.0112. The summed E-state index contributed by atoms with van der Waals surface area (Å²) in [4.78, 5) is 23.3. The zero-order valence-corrected chi connectivity index (χ0v) is 14.2. The Morgan fingerprint density at radius 1 is 1.25 bits per heavy atom. The van der Waals surface area contributed by atoms with Gasteiger partial charge in [-0.25, -0.2) is 5.43 Å². The second-order valence-electron chi connectivity index (χ2n) is 5.15. The summed E-state index contributed by atoms with van der Waals surface area (Å²) in [6.07, 6.45) is 1.39. The van der Waals surface area contributed by atoms with E-state index < -0.39 is 4.92 Å². The molecular weight excluding hydrogens is 326 g/mol. The van der Waals surface area contributed by atoms with Crippen LogP contribution in [-0.2, 0) is 4.79 Å². The largest absolute Gasteiger partial charge is 0.272 e. The lowest BCUT2D eigenvalue weighted by Crippen LogP contribution is -2.19. The summed E-state index contributed by atoms with van der Waals surface area (Å²) < 4.78 is 0. The van der Waals surface area contributed by atoms with Crippen molar-refractivity contribution in [2.45, 2.75) is 18.7 Å². The second-order valence-corrected chi connectivity index (χ2v) is 6.17. The number of aryl methyl sites for hydroxylation is 2. The summed E-state index contributed by atoms with van der Waals surface area (Å²) >= 11 is 1.43. The molecule has 0 spiro atoms. The summed E-state index contributed by atoms with van der Waals surface area (Å²) in [6.45, 7) is 3.66. The zero-order chi connectivity index (χ0) is 17.5. The Hall–Kier alpha value is -2.67. The third-order valence-corrected chi connectivity index (χ3v) is 4.46. The van der Waals surface area contributed by atoms with Crippen LogP contribution in [0.5, 0.6) is 0 Å². The minimum atomic E-state index is -0.440. The molecule has 0 bridgehead atoms. The van der Waals surface area contributed by atoms with Crippen LogP contribution in [0, 0.1) is 24.0 Å². The maximum atomic E-state index is 11.8. The molecule has 124 valence electrons. The molecule has 0 atom stereocenters. The lowest BCUT2D eigenvalue weighted by atomic mass is 10.1. The third kappa shape index (κ3) is 4.92. The third-order valence-electron chi connectivity index (χ3n) is 3.29. The summed E-state index contributed by atoms with van der Waals surface area (Å²) in [7, 11) is 0. The molecule has 0 fully saturated rings. The molecule has 6 nitrogen and oxygen atoms in total. The number of carbonyl (C=O) groups excluding carboxylic acids is 1. The van der Waals surface area contributed by atoms with Gasteiger partial charge >= 0.3 is 0 Å². The average Bonchev–Trinajstić information content (AvgIpc) is 2.55. The highest BCUT2D eigenvalue weighted by Crippen LogP contribution is 2.21. The number of hydrazone groups is 1. The van der Waals surface area contributed by atoms with E-state index in [1.54, 1.807) is 19.1 Å². The van der Waals surface area contributed by atoms with Crippen molar-refractivity contribution in [2.24, 2.45) is 5.10 Å². The molecule has 2 aromatic carbocycles. The van der Waals surface area contributed by atoms with Crippen LogP contribution in [-0.4, -0.2) is 22.8 Å². The van der Waals surface area contributed by atoms with Crippen molar-refractivity contribution in [1.82, 2.24) is 5.43 Å². The summed E-state index contributed by atoms with van der Waals surface area (Å²) in [5.41, 5.74) is 4.70.